The minimum atomic E-state index is -1.83. The summed E-state index contributed by atoms with van der Waals surface area (Å²) in [7, 11) is 0. The molecule has 1 unspecified atom stereocenters. The number of ether oxygens (including phenoxy) is 2. The number of nitrogens with two attached hydrogens (primary N) is 1. The van der Waals surface area contributed by atoms with Gasteiger partial charge < -0.3 is 20.5 Å². The van der Waals surface area contributed by atoms with Crippen LogP contribution in [0.25, 0.3) is 0 Å². The molecule has 0 heterocycles. The van der Waals surface area contributed by atoms with E-state index in [0.29, 0.717) is 6.54 Å². The molecule has 0 spiro atoms. The Bertz CT molecular complexity index is 585. The van der Waals surface area contributed by atoms with E-state index in [9.17, 15) is 14.4 Å². The Kier molecular flexibility index (Phi) is 7.38. The van der Waals surface area contributed by atoms with Crippen molar-refractivity contribution in [1.29, 1.82) is 0 Å². The van der Waals surface area contributed by atoms with Crippen molar-refractivity contribution in [3.8, 4) is 0 Å². The molecule has 0 aliphatic heterocycles. The van der Waals surface area contributed by atoms with E-state index in [-0.39, 0.29) is 19.6 Å². The largest absolute Gasteiger partial charge is 0.464 e. The van der Waals surface area contributed by atoms with E-state index in [1.807, 2.05) is 12.1 Å². The van der Waals surface area contributed by atoms with Gasteiger partial charge in [-0.05, 0) is 24.5 Å². The van der Waals surface area contributed by atoms with E-state index in [0.717, 1.165) is 11.1 Å². The summed E-state index contributed by atoms with van der Waals surface area (Å²) < 4.78 is 10.2. The van der Waals surface area contributed by atoms with Crippen molar-refractivity contribution >= 4 is 17.8 Å². The number of carbonyl (C=O) groups excluding carboxylic acids is 3. The van der Waals surface area contributed by atoms with Crippen LogP contribution in [0.3, 0.4) is 0 Å². The van der Waals surface area contributed by atoms with Crippen molar-refractivity contribution in [2.24, 2.45) is 5.73 Å². The highest BCUT2D eigenvalue weighted by Crippen LogP contribution is 2.17. The topological polar surface area (TPSA) is 108 Å². The molecule has 132 valence electrons. The smallest absolute Gasteiger partial charge is 0.344 e. The SMILES string of the molecule is CCOC(=O)C(CC)(NC(C)=O)C(=O)OCc1ccc(CN)cc1. The number of nitrogens with one attached hydrogen (secondary N) is 1. The standard InChI is InChI=1S/C17H24N2O5/c1-4-17(19-12(3)20,15(21)23-5-2)16(22)24-11-14-8-6-13(10-18)7-9-14/h6-9H,4-5,10-11,18H2,1-3H3,(H,19,20). The van der Waals surface area contributed by atoms with Gasteiger partial charge >= 0.3 is 11.9 Å². The summed E-state index contributed by atoms with van der Waals surface area (Å²) in [6.07, 6.45) is 0.0242. The van der Waals surface area contributed by atoms with Gasteiger partial charge in [0, 0.05) is 13.5 Å². The lowest BCUT2D eigenvalue weighted by Gasteiger charge is -2.28. The molecule has 1 atom stereocenters. The van der Waals surface area contributed by atoms with E-state index in [1.54, 1.807) is 26.0 Å². The first-order valence-corrected chi connectivity index (χ1v) is 7.80. The number of hydrogen-bond acceptors (Lipinski definition) is 6. The summed E-state index contributed by atoms with van der Waals surface area (Å²) in [4.78, 5) is 36.1. The van der Waals surface area contributed by atoms with Crippen LogP contribution < -0.4 is 11.1 Å². The Morgan fingerprint density at radius 1 is 1.04 bits per heavy atom. The van der Waals surface area contributed by atoms with Crippen LogP contribution in [0.1, 0.15) is 38.3 Å². The third-order valence-electron chi connectivity index (χ3n) is 3.52. The van der Waals surface area contributed by atoms with Crippen LogP contribution in [0.4, 0.5) is 0 Å². The summed E-state index contributed by atoms with van der Waals surface area (Å²) in [6, 6.07) is 7.22. The Labute approximate surface area is 141 Å². The minimum Gasteiger partial charge on any atom is -0.464 e. The molecule has 24 heavy (non-hydrogen) atoms. The maximum Gasteiger partial charge on any atom is 0.344 e. The van der Waals surface area contributed by atoms with E-state index >= 15 is 0 Å². The van der Waals surface area contributed by atoms with Crippen molar-refractivity contribution in [3.63, 3.8) is 0 Å². The van der Waals surface area contributed by atoms with Gasteiger partial charge in [-0.15, -0.1) is 0 Å². The molecular formula is C17H24N2O5. The first-order valence-electron chi connectivity index (χ1n) is 7.80. The van der Waals surface area contributed by atoms with Gasteiger partial charge in [0.2, 0.25) is 11.4 Å². The molecule has 0 fully saturated rings. The lowest BCUT2D eigenvalue weighted by Crippen LogP contribution is -2.60. The van der Waals surface area contributed by atoms with Crippen molar-refractivity contribution in [2.75, 3.05) is 6.61 Å². The molecule has 0 bridgehead atoms. The van der Waals surface area contributed by atoms with E-state index in [4.69, 9.17) is 15.2 Å². The second-order valence-corrected chi connectivity index (χ2v) is 5.26. The fourth-order valence-corrected chi connectivity index (χ4v) is 2.16. The van der Waals surface area contributed by atoms with Crippen LogP contribution in [0.15, 0.2) is 24.3 Å². The zero-order chi connectivity index (χ0) is 18.2. The third kappa shape index (κ3) is 4.79. The summed E-state index contributed by atoms with van der Waals surface area (Å²) in [5.41, 5.74) is 5.40. The molecule has 0 saturated heterocycles. The average molecular weight is 336 g/mol. The van der Waals surface area contributed by atoms with E-state index < -0.39 is 23.4 Å². The third-order valence-corrected chi connectivity index (χ3v) is 3.52. The van der Waals surface area contributed by atoms with Crippen LogP contribution in [0.2, 0.25) is 0 Å². The predicted molar refractivity (Wildman–Crippen MR) is 87.6 cm³/mol. The van der Waals surface area contributed by atoms with Crippen LogP contribution in [0, 0.1) is 0 Å². The summed E-state index contributed by atoms with van der Waals surface area (Å²) in [6.45, 7) is 4.94. The zero-order valence-corrected chi connectivity index (χ0v) is 14.3. The Hall–Kier alpha value is -2.41. The number of rotatable bonds is 8. The average Bonchev–Trinajstić information content (AvgIpc) is 2.57. The first-order chi connectivity index (χ1) is 11.4. The Morgan fingerprint density at radius 3 is 2.04 bits per heavy atom. The molecule has 7 nitrogen and oxygen atoms in total. The van der Waals surface area contributed by atoms with Crippen molar-refractivity contribution in [3.05, 3.63) is 35.4 Å². The molecule has 0 aliphatic carbocycles. The molecule has 1 aromatic carbocycles. The van der Waals surface area contributed by atoms with Crippen molar-refractivity contribution in [1.82, 2.24) is 5.32 Å². The first kappa shape index (κ1) is 19.6. The van der Waals surface area contributed by atoms with Gasteiger partial charge in [0.15, 0.2) is 0 Å². The number of benzene rings is 1. The quantitative estimate of drug-likeness (QED) is 0.542. The number of amides is 1. The Balaban J connectivity index is 2.89. The molecule has 1 amide bonds. The van der Waals surface area contributed by atoms with Crippen LogP contribution in [-0.4, -0.2) is 30.0 Å². The fourth-order valence-electron chi connectivity index (χ4n) is 2.16. The number of esters is 2. The number of carbonyl (C=O) groups is 3. The molecule has 7 heteroatoms. The van der Waals surface area contributed by atoms with Gasteiger partial charge in [0.05, 0.1) is 6.61 Å². The summed E-state index contributed by atoms with van der Waals surface area (Å²) in [5, 5.41) is 2.38. The zero-order valence-electron chi connectivity index (χ0n) is 14.3. The lowest BCUT2D eigenvalue weighted by atomic mass is 9.96. The van der Waals surface area contributed by atoms with Crippen LogP contribution >= 0.6 is 0 Å². The molecule has 0 radical (unpaired) electrons. The summed E-state index contributed by atoms with van der Waals surface area (Å²) in [5.74, 6) is -2.19. The second-order valence-electron chi connectivity index (χ2n) is 5.26. The molecule has 1 aromatic rings. The minimum absolute atomic E-state index is 0.0234. The van der Waals surface area contributed by atoms with Crippen molar-refractivity contribution < 1.29 is 23.9 Å². The highest BCUT2D eigenvalue weighted by molar-refractivity contribution is 6.07. The highest BCUT2D eigenvalue weighted by atomic mass is 16.6. The summed E-state index contributed by atoms with van der Waals surface area (Å²) >= 11 is 0. The highest BCUT2D eigenvalue weighted by Gasteiger charge is 2.48. The van der Waals surface area contributed by atoms with Gasteiger partial charge in [-0.2, -0.15) is 0 Å². The van der Waals surface area contributed by atoms with Crippen LogP contribution in [-0.2, 0) is 37.0 Å². The van der Waals surface area contributed by atoms with Gasteiger partial charge in [0.1, 0.15) is 6.61 Å². The normalized spacial score (nSPS) is 12.8. The van der Waals surface area contributed by atoms with E-state index in [2.05, 4.69) is 5.32 Å². The molecule has 0 aromatic heterocycles. The fraction of sp³-hybridized carbons (Fsp3) is 0.471. The van der Waals surface area contributed by atoms with Crippen molar-refractivity contribution in [2.45, 2.75) is 45.9 Å². The molecule has 0 saturated carbocycles. The number of hydrogen-bond donors (Lipinski definition) is 2. The molecular weight excluding hydrogens is 312 g/mol. The van der Waals surface area contributed by atoms with Gasteiger partial charge in [-0.1, -0.05) is 31.2 Å². The Morgan fingerprint density at radius 2 is 1.58 bits per heavy atom. The maximum absolute atomic E-state index is 12.5. The second kappa shape index (κ2) is 9.02. The van der Waals surface area contributed by atoms with Crippen LogP contribution in [0.5, 0.6) is 0 Å². The molecule has 0 aliphatic rings. The van der Waals surface area contributed by atoms with Gasteiger partial charge in [0.25, 0.3) is 0 Å². The maximum atomic E-state index is 12.5. The van der Waals surface area contributed by atoms with Gasteiger partial charge in [-0.3, -0.25) is 4.79 Å². The van der Waals surface area contributed by atoms with Gasteiger partial charge in [-0.25, -0.2) is 9.59 Å². The predicted octanol–water partition coefficient (Wildman–Crippen LogP) is 1.04. The lowest BCUT2D eigenvalue weighted by molar-refractivity contribution is -0.169. The monoisotopic (exact) mass is 336 g/mol. The van der Waals surface area contributed by atoms with E-state index in [1.165, 1.54) is 6.92 Å². The molecule has 3 N–H and O–H groups in total. The molecule has 1 rings (SSSR count).